The zero-order valence-corrected chi connectivity index (χ0v) is 16.5. The zero-order chi connectivity index (χ0) is 18.9. The Bertz CT molecular complexity index is 772. The number of hydrogen-bond acceptors (Lipinski definition) is 4. The van der Waals surface area contributed by atoms with Crippen molar-refractivity contribution in [2.45, 2.75) is 13.5 Å². The Balaban J connectivity index is 2.18. The molecule has 0 N–H and O–H groups in total. The fraction of sp³-hybridized carbons (Fsp3) is 0.250. The molecule has 1 aromatic carbocycles. The fourth-order valence-electron chi connectivity index (χ4n) is 2.40. The summed E-state index contributed by atoms with van der Waals surface area (Å²) in [5.41, 5.74) is 0.766. The Morgan fingerprint density at radius 1 is 1.42 bits per heavy atom. The number of carbonyl (C=O) groups is 1. The van der Waals surface area contributed by atoms with Gasteiger partial charge in [-0.2, -0.15) is 0 Å². The van der Waals surface area contributed by atoms with E-state index < -0.39 is 0 Å². The third-order valence-corrected chi connectivity index (χ3v) is 4.68. The number of ether oxygens (including phenoxy) is 2. The quantitative estimate of drug-likeness (QED) is 0.444. The van der Waals surface area contributed by atoms with Crippen molar-refractivity contribution >= 4 is 34.9 Å². The Morgan fingerprint density at radius 3 is 2.85 bits per heavy atom. The summed E-state index contributed by atoms with van der Waals surface area (Å²) >= 11 is 7.87. The summed E-state index contributed by atoms with van der Waals surface area (Å²) in [6, 6.07) is 7.52. The van der Waals surface area contributed by atoms with Gasteiger partial charge in [-0.3, -0.25) is 4.79 Å². The largest absolute Gasteiger partial charge is 0.491 e. The molecule has 0 aliphatic carbocycles. The Morgan fingerprint density at radius 2 is 2.23 bits per heavy atom. The number of thiophene rings is 1. The minimum Gasteiger partial charge on any atom is -0.491 e. The smallest absolute Gasteiger partial charge is 0.247 e. The van der Waals surface area contributed by atoms with Crippen LogP contribution in [0.4, 0.5) is 0 Å². The van der Waals surface area contributed by atoms with Crippen LogP contribution in [-0.4, -0.2) is 31.1 Å². The van der Waals surface area contributed by atoms with E-state index in [1.807, 2.05) is 24.4 Å². The number of halogens is 1. The molecule has 0 saturated carbocycles. The molecule has 0 radical (unpaired) electrons. The van der Waals surface area contributed by atoms with Crippen LogP contribution in [0.3, 0.4) is 0 Å². The number of benzene rings is 1. The van der Waals surface area contributed by atoms with Crippen LogP contribution < -0.4 is 9.47 Å². The number of methoxy groups -OCH3 is 1. The summed E-state index contributed by atoms with van der Waals surface area (Å²) in [5, 5.41) is 2.43. The summed E-state index contributed by atoms with van der Waals surface area (Å²) in [4.78, 5) is 15.4. The molecule has 138 valence electrons. The highest BCUT2D eigenvalue weighted by Crippen LogP contribution is 2.36. The molecule has 0 saturated heterocycles. The third kappa shape index (κ3) is 5.38. The van der Waals surface area contributed by atoms with Gasteiger partial charge >= 0.3 is 0 Å². The van der Waals surface area contributed by atoms with Crippen LogP contribution in [0.5, 0.6) is 11.5 Å². The van der Waals surface area contributed by atoms with Crippen molar-refractivity contribution in [1.82, 2.24) is 4.90 Å². The molecule has 2 aromatic rings. The van der Waals surface area contributed by atoms with Gasteiger partial charge in [-0.15, -0.1) is 17.9 Å². The van der Waals surface area contributed by atoms with E-state index in [4.69, 9.17) is 21.1 Å². The van der Waals surface area contributed by atoms with Crippen LogP contribution in [0, 0.1) is 0 Å². The van der Waals surface area contributed by atoms with Crippen molar-refractivity contribution in [2.24, 2.45) is 0 Å². The Hall–Kier alpha value is -2.24. The number of hydrogen-bond donors (Lipinski definition) is 0. The van der Waals surface area contributed by atoms with Crippen molar-refractivity contribution in [3.8, 4) is 11.5 Å². The van der Waals surface area contributed by atoms with Crippen LogP contribution in [0.15, 0.2) is 48.4 Å². The van der Waals surface area contributed by atoms with Crippen LogP contribution >= 0.6 is 22.9 Å². The van der Waals surface area contributed by atoms with Gasteiger partial charge in [0.1, 0.15) is 0 Å². The molecule has 0 atom stereocenters. The number of nitrogens with zero attached hydrogens (tertiary/aromatic N) is 1. The van der Waals surface area contributed by atoms with Crippen LogP contribution in [0.25, 0.3) is 6.08 Å². The van der Waals surface area contributed by atoms with Gasteiger partial charge in [0.15, 0.2) is 11.5 Å². The predicted octanol–water partition coefficient (Wildman–Crippen LogP) is 5.04. The lowest BCUT2D eigenvalue weighted by atomic mass is 10.1. The minimum absolute atomic E-state index is 0.0943. The standard InChI is InChI=1S/C20H22ClNO3S/c1-4-10-22(14-16-7-6-11-26-16)19(23)9-8-15-12-17(21)20(24-3)18(13-15)25-5-2/h4,6-9,11-13H,1,5,10,14H2,2-3H3/b9-8+. The number of rotatable bonds is 9. The van der Waals surface area contributed by atoms with Gasteiger partial charge in [0.2, 0.25) is 5.91 Å². The molecule has 0 unspecified atom stereocenters. The first-order valence-corrected chi connectivity index (χ1v) is 9.45. The average Bonchev–Trinajstić information content (AvgIpc) is 3.12. The molecular weight excluding hydrogens is 370 g/mol. The molecule has 0 fully saturated rings. The average molecular weight is 392 g/mol. The molecule has 1 heterocycles. The lowest BCUT2D eigenvalue weighted by Gasteiger charge is -2.18. The molecule has 26 heavy (non-hydrogen) atoms. The third-order valence-electron chi connectivity index (χ3n) is 3.54. The van der Waals surface area contributed by atoms with E-state index in [0.717, 1.165) is 10.4 Å². The SMILES string of the molecule is C=CCN(Cc1cccs1)C(=O)/C=C/c1cc(Cl)c(OC)c(OCC)c1. The topological polar surface area (TPSA) is 38.8 Å². The molecule has 0 aliphatic heterocycles. The van der Waals surface area contributed by atoms with E-state index in [1.165, 1.54) is 6.08 Å². The lowest BCUT2D eigenvalue weighted by Crippen LogP contribution is -2.28. The van der Waals surface area contributed by atoms with Crippen molar-refractivity contribution in [3.05, 3.63) is 63.8 Å². The molecule has 1 amide bonds. The molecule has 0 aliphatic rings. The van der Waals surface area contributed by atoms with Crippen LogP contribution in [0.1, 0.15) is 17.4 Å². The van der Waals surface area contributed by atoms with Gasteiger partial charge in [-0.1, -0.05) is 23.7 Å². The van der Waals surface area contributed by atoms with Crippen molar-refractivity contribution < 1.29 is 14.3 Å². The first-order chi connectivity index (χ1) is 12.6. The summed E-state index contributed by atoms with van der Waals surface area (Å²) in [6.07, 6.45) is 4.97. The highest BCUT2D eigenvalue weighted by atomic mass is 35.5. The molecule has 1 aromatic heterocycles. The van der Waals surface area contributed by atoms with Gasteiger partial charge in [-0.05, 0) is 42.1 Å². The highest BCUT2D eigenvalue weighted by Gasteiger charge is 2.12. The second kappa shape index (κ2) is 10.0. The summed E-state index contributed by atoms with van der Waals surface area (Å²) in [6.45, 7) is 7.15. The highest BCUT2D eigenvalue weighted by molar-refractivity contribution is 7.09. The number of carbonyl (C=O) groups excluding carboxylic acids is 1. The van der Waals surface area contributed by atoms with Gasteiger partial charge in [-0.25, -0.2) is 0 Å². The maximum Gasteiger partial charge on any atom is 0.247 e. The molecule has 0 spiro atoms. The Labute approximate surface area is 163 Å². The van der Waals surface area contributed by atoms with Crippen molar-refractivity contribution in [2.75, 3.05) is 20.3 Å². The van der Waals surface area contributed by atoms with Gasteiger partial charge < -0.3 is 14.4 Å². The summed E-state index contributed by atoms with van der Waals surface area (Å²) < 4.78 is 10.8. The maximum atomic E-state index is 12.6. The van der Waals surface area contributed by atoms with Crippen molar-refractivity contribution in [3.63, 3.8) is 0 Å². The maximum absolute atomic E-state index is 12.6. The molecular formula is C20H22ClNO3S. The van der Waals surface area contributed by atoms with E-state index in [0.29, 0.717) is 36.2 Å². The van der Waals surface area contributed by atoms with Gasteiger partial charge in [0.05, 0.1) is 25.3 Å². The normalized spacial score (nSPS) is 10.7. The van der Waals surface area contributed by atoms with E-state index in [1.54, 1.807) is 47.6 Å². The van der Waals surface area contributed by atoms with E-state index in [-0.39, 0.29) is 5.91 Å². The Kier molecular flexibility index (Phi) is 7.75. The monoisotopic (exact) mass is 391 g/mol. The first-order valence-electron chi connectivity index (χ1n) is 8.19. The van der Waals surface area contributed by atoms with Crippen LogP contribution in [-0.2, 0) is 11.3 Å². The fourth-order valence-corrected chi connectivity index (χ4v) is 3.41. The number of amides is 1. The molecule has 0 bridgehead atoms. The zero-order valence-electron chi connectivity index (χ0n) is 14.9. The second-order valence-electron chi connectivity index (χ2n) is 5.39. The lowest BCUT2D eigenvalue weighted by molar-refractivity contribution is -0.126. The summed E-state index contributed by atoms with van der Waals surface area (Å²) in [7, 11) is 1.54. The van der Waals surface area contributed by atoms with E-state index >= 15 is 0 Å². The molecule has 2 rings (SSSR count). The summed E-state index contributed by atoms with van der Waals surface area (Å²) in [5.74, 6) is 0.947. The van der Waals surface area contributed by atoms with Gasteiger partial charge in [0, 0.05) is 17.5 Å². The van der Waals surface area contributed by atoms with Crippen molar-refractivity contribution in [1.29, 1.82) is 0 Å². The van der Waals surface area contributed by atoms with Crippen LogP contribution in [0.2, 0.25) is 5.02 Å². The molecule has 4 nitrogen and oxygen atoms in total. The minimum atomic E-state index is -0.0943. The van der Waals surface area contributed by atoms with E-state index in [2.05, 4.69) is 6.58 Å². The first kappa shape index (κ1) is 20.1. The van der Waals surface area contributed by atoms with Gasteiger partial charge in [0.25, 0.3) is 0 Å². The van der Waals surface area contributed by atoms with E-state index in [9.17, 15) is 4.79 Å². The predicted molar refractivity (Wildman–Crippen MR) is 108 cm³/mol. The second-order valence-corrected chi connectivity index (χ2v) is 6.83. The molecule has 6 heteroatoms.